The molecule has 1 aromatic rings. The molecule has 1 spiro atoms. The second-order valence-corrected chi connectivity index (χ2v) is 6.78. The molecule has 0 unspecified atom stereocenters. The van der Waals surface area contributed by atoms with Gasteiger partial charge < -0.3 is 14.1 Å². The molecule has 21 heavy (non-hydrogen) atoms. The fourth-order valence-electron chi connectivity index (χ4n) is 3.80. The number of carbonyl (C=O) groups excluding carboxylic acids is 1. The number of ether oxygens (including phenoxy) is 1. The number of likely N-dealkylation sites (tertiary alicyclic amines) is 1. The number of hydrogen-bond donors (Lipinski definition) is 0. The van der Waals surface area contributed by atoms with Crippen LogP contribution in [-0.4, -0.2) is 42.1 Å². The van der Waals surface area contributed by atoms with Crippen molar-refractivity contribution in [3.8, 4) is 0 Å². The molecule has 2 aliphatic heterocycles. The highest BCUT2D eigenvalue weighted by molar-refractivity contribution is 5.92. The smallest absolute Gasteiger partial charge is 0.291 e. The Hall–Kier alpha value is -1.36. The van der Waals surface area contributed by atoms with Gasteiger partial charge in [-0.15, -0.1) is 0 Å². The van der Waals surface area contributed by atoms with Gasteiger partial charge in [0.15, 0.2) is 6.39 Å². The topological polar surface area (TPSA) is 55.6 Å². The fraction of sp³-hybridized carbons (Fsp3) is 0.750. The summed E-state index contributed by atoms with van der Waals surface area (Å²) >= 11 is 0. The summed E-state index contributed by atoms with van der Waals surface area (Å²) in [6.07, 6.45) is 8.13. The van der Waals surface area contributed by atoms with E-state index in [1.165, 1.54) is 12.8 Å². The Bertz CT molecular complexity index is 524. The first-order valence-electron chi connectivity index (χ1n) is 8.08. The minimum atomic E-state index is 0.0416. The molecule has 1 amide bonds. The molecule has 3 heterocycles. The summed E-state index contributed by atoms with van der Waals surface area (Å²) in [7, 11) is 0. The summed E-state index contributed by atoms with van der Waals surface area (Å²) in [4.78, 5) is 19.1. The minimum absolute atomic E-state index is 0.0416. The molecule has 3 aliphatic rings. The van der Waals surface area contributed by atoms with Gasteiger partial charge in [0.25, 0.3) is 5.91 Å². The van der Waals surface area contributed by atoms with Gasteiger partial charge >= 0.3 is 0 Å². The van der Waals surface area contributed by atoms with Gasteiger partial charge in [-0.25, -0.2) is 4.98 Å². The monoisotopic (exact) mass is 290 g/mol. The Kier molecular flexibility index (Phi) is 3.25. The van der Waals surface area contributed by atoms with Gasteiger partial charge in [0.05, 0.1) is 5.69 Å². The van der Waals surface area contributed by atoms with Crippen LogP contribution in [0.2, 0.25) is 0 Å². The quantitative estimate of drug-likeness (QED) is 0.840. The standard InChI is InChI=1S/C16H22N2O3/c19-15(14-13(12-2-3-12)17-11-21-14)18-7-1-4-16(10-18)5-8-20-9-6-16/h11-12H,1-10H2. The van der Waals surface area contributed by atoms with E-state index in [2.05, 4.69) is 4.98 Å². The lowest BCUT2D eigenvalue weighted by Crippen LogP contribution is -2.48. The van der Waals surface area contributed by atoms with Crippen molar-refractivity contribution in [3.63, 3.8) is 0 Å². The van der Waals surface area contributed by atoms with Gasteiger partial charge in [0, 0.05) is 32.2 Å². The van der Waals surface area contributed by atoms with E-state index in [1.54, 1.807) is 0 Å². The van der Waals surface area contributed by atoms with Gasteiger partial charge in [0.2, 0.25) is 5.76 Å². The molecule has 0 radical (unpaired) electrons. The lowest BCUT2D eigenvalue weighted by atomic mass is 9.74. The number of piperidine rings is 1. The third-order valence-corrected chi connectivity index (χ3v) is 5.26. The summed E-state index contributed by atoms with van der Waals surface area (Å²) in [6.45, 7) is 3.35. The number of hydrogen-bond acceptors (Lipinski definition) is 4. The van der Waals surface area contributed by atoms with Crippen molar-refractivity contribution in [1.29, 1.82) is 0 Å². The molecule has 3 fully saturated rings. The maximum Gasteiger partial charge on any atom is 0.291 e. The van der Waals surface area contributed by atoms with Crippen molar-refractivity contribution in [2.24, 2.45) is 5.41 Å². The lowest BCUT2D eigenvalue weighted by Gasteiger charge is -2.44. The molecule has 114 valence electrons. The first-order valence-corrected chi connectivity index (χ1v) is 8.08. The molecule has 0 bridgehead atoms. The van der Waals surface area contributed by atoms with E-state index in [1.807, 2.05) is 4.90 Å². The Labute approximate surface area is 124 Å². The van der Waals surface area contributed by atoms with E-state index >= 15 is 0 Å². The van der Waals surface area contributed by atoms with Crippen LogP contribution in [0, 0.1) is 5.41 Å². The van der Waals surface area contributed by atoms with Crippen LogP contribution in [0.3, 0.4) is 0 Å². The molecule has 0 atom stereocenters. The Morgan fingerprint density at radius 1 is 1.29 bits per heavy atom. The highest BCUT2D eigenvalue weighted by Gasteiger charge is 2.40. The molecule has 1 saturated carbocycles. The highest BCUT2D eigenvalue weighted by Crippen LogP contribution is 2.42. The molecule has 0 aromatic carbocycles. The number of nitrogens with zero attached hydrogens (tertiary/aromatic N) is 2. The average Bonchev–Trinajstić information content (AvgIpc) is 3.24. The van der Waals surface area contributed by atoms with Crippen molar-refractivity contribution in [2.45, 2.75) is 44.4 Å². The van der Waals surface area contributed by atoms with Crippen molar-refractivity contribution in [1.82, 2.24) is 9.88 Å². The third-order valence-electron chi connectivity index (χ3n) is 5.26. The molecule has 1 aromatic heterocycles. The van der Waals surface area contributed by atoms with Crippen molar-refractivity contribution < 1.29 is 13.9 Å². The maximum atomic E-state index is 12.8. The number of rotatable bonds is 2. The van der Waals surface area contributed by atoms with Crippen LogP contribution in [0.4, 0.5) is 0 Å². The first-order chi connectivity index (χ1) is 10.3. The molecular formula is C16H22N2O3. The molecule has 5 heteroatoms. The van der Waals surface area contributed by atoms with Crippen LogP contribution < -0.4 is 0 Å². The van der Waals surface area contributed by atoms with Gasteiger partial charge in [-0.3, -0.25) is 4.79 Å². The zero-order valence-electron chi connectivity index (χ0n) is 12.3. The first kappa shape index (κ1) is 13.3. The average molecular weight is 290 g/mol. The van der Waals surface area contributed by atoms with Crippen LogP contribution in [0.1, 0.15) is 60.7 Å². The second kappa shape index (κ2) is 5.13. The molecular weight excluding hydrogens is 268 g/mol. The van der Waals surface area contributed by atoms with Crippen LogP contribution in [0.25, 0.3) is 0 Å². The zero-order chi connectivity index (χ0) is 14.3. The van der Waals surface area contributed by atoms with E-state index in [0.29, 0.717) is 11.7 Å². The van der Waals surface area contributed by atoms with Crippen LogP contribution >= 0.6 is 0 Å². The molecule has 1 aliphatic carbocycles. The number of amides is 1. The Morgan fingerprint density at radius 3 is 2.86 bits per heavy atom. The summed E-state index contributed by atoms with van der Waals surface area (Å²) in [5, 5.41) is 0. The summed E-state index contributed by atoms with van der Waals surface area (Å²) in [6, 6.07) is 0. The van der Waals surface area contributed by atoms with E-state index in [9.17, 15) is 4.79 Å². The van der Waals surface area contributed by atoms with Gasteiger partial charge in [0.1, 0.15) is 0 Å². The molecule has 2 saturated heterocycles. The fourth-order valence-corrected chi connectivity index (χ4v) is 3.80. The van der Waals surface area contributed by atoms with Gasteiger partial charge in [-0.05, 0) is 43.9 Å². The normalized spacial score (nSPS) is 25.2. The lowest BCUT2D eigenvalue weighted by molar-refractivity contribution is -0.0235. The number of oxazole rings is 1. The number of carbonyl (C=O) groups is 1. The second-order valence-electron chi connectivity index (χ2n) is 6.78. The van der Waals surface area contributed by atoms with Crippen molar-refractivity contribution in [3.05, 3.63) is 17.8 Å². The number of aromatic nitrogens is 1. The zero-order valence-corrected chi connectivity index (χ0v) is 12.3. The SMILES string of the molecule is O=C(c1ocnc1C1CC1)N1CCCC2(CCOCC2)C1. The van der Waals surface area contributed by atoms with Crippen LogP contribution in [0.15, 0.2) is 10.8 Å². The summed E-state index contributed by atoms with van der Waals surface area (Å²) < 4.78 is 10.9. The van der Waals surface area contributed by atoms with Crippen molar-refractivity contribution in [2.75, 3.05) is 26.3 Å². The van der Waals surface area contributed by atoms with Gasteiger partial charge in [-0.2, -0.15) is 0 Å². The Morgan fingerprint density at radius 2 is 2.10 bits per heavy atom. The van der Waals surface area contributed by atoms with Gasteiger partial charge in [-0.1, -0.05) is 0 Å². The highest BCUT2D eigenvalue weighted by atomic mass is 16.5. The molecule has 0 N–H and O–H groups in total. The largest absolute Gasteiger partial charge is 0.438 e. The summed E-state index contributed by atoms with van der Waals surface area (Å²) in [5.74, 6) is 0.978. The Balaban J connectivity index is 1.52. The van der Waals surface area contributed by atoms with E-state index < -0.39 is 0 Å². The third kappa shape index (κ3) is 2.48. The van der Waals surface area contributed by atoms with Crippen LogP contribution in [-0.2, 0) is 4.74 Å². The molecule has 5 nitrogen and oxygen atoms in total. The summed E-state index contributed by atoms with van der Waals surface area (Å²) in [5.41, 5.74) is 1.15. The van der Waals surface area contributed by atoms with E-state index in [0.717, 1.165) is 64.1 Å². The van der Waals surface area contributed by atoms with Crippen LogP contribution in [0.5, 0.6) is 0 Å². The maximum absolute atomic E-state index is 12.8. The molecule has 4 rings (SSSR count). The minimum Gasteiger partial charge on any atom is -0.438 e. The van der Waals surface area contributed by atoms with E-state index in [4.69, 9.17) is 9.15 Å². The predicted molar refractivity (Wildman–Crippen MR) is 76.1 cm³/mol. The van der Waals surface area contributed by atoms with E-state index in [-0.39, 0.29) is 11.3 Å². The van der Waals surface area contributed by atoms with Crippen molar-refractivity contribution >= 4 is 5.91 Å². The predicted octanol–water partition coefficient (Wildman–Crippen LogP) is 2.58.